The molecule has 1 heterocycles. The van der Waals surface area contributed by atoms with Gasteiger partial charge in [-0.2, -0.15) is 0 Å². The van der Waals surface area contributed by atoms with Crippen molar-refractivity contribution in [1.82, 2.24) is 4.90 Å². The first-order valence-electron chi connectivity index (χ1n) is 7.15. The number of piperidine rings is 1. The topological polar surface area (TPSA) is 21.7 Å². The van der Waals surface area contributed by atoms with E-state index < -0.39 is 0 Å². The van der Waals surface area contributed by atoms with Crippen molar-refractivity contribution in [2.45, 2.75) is 32.8 Å². The molecule has 1 aromatic carbocycles. The van der Waals surface area contributed by atoms with E-state index >= 15 is 0 Å². The molecule has 0 spiro atoms. The maximum atomic E-state index is 5.95. The molecule has 1 saturated heterocycles. The van der Waals surface area contributed by atoms with E-state index in [1.165, 1.54) is 11.1 Å². The van der Waals surface area contributed by atoms with E-state index in [4.69, 9.17) is 9.47 Å². The van der Waals surface area contributed by atoms with E-state index in [0.29, 0.717) is 6.10 Å². The Morgan fingerprint density at radius 2 is 1.79 bits per heavy atom. The molecule has 1 aliphatic rings. The number of hydrogen-bond acceptors (Lipinski definition) is 3. The molecule has 0 N–H and O–H groups in total. The number of hydrogen-bond donors (Lipinski definition) is 0. The summed E-state index contributed by atoms with van der Waals surface area (Å²) in [5.41, 5.74) is 2.44. The zero-order valence-electron chi connectivity index (χ0n) is 12.3. The molecule has 0 atom stereocenters. The van der Waals surface area contributed by atoms with Crippen molar-refractivity contribution in [2.75, 3.05) is 33.4 Å². The Labute approximate surface area is 116 Å². The third-order valence-corrected chi connectivity index (χ3v) is 3.93. The highest BCUT2D eigenvalue weighted by Crippen LogP contribution is 2.22. The lowest BCUT2D eigenvalue weighted by atomic mass is 10.1. The molecule has 3 heteroatoms. The number of methoxy groups -OCH3 is 1. The minimum atomic E-state index is 0.454. The molecule has 0 saturated carbocycles. The first kappa shape index (κ1) is 14.4. The number of nitrogens with zero attached hydrogens (tertiary/aromatic N) is 1. The van der Waals surface area contributed by atoms with E-state index in [9.17, 15) is 0 Å². The second-order valence-electron chi connectivity index (χ2n) is 5.35. The molecular formula is C16H25NO2. The summed E-state index contributed by atoms with van der Waals surface area (Å²) in [5, 5.41) is 0. The standard InChI is InChI=1S/C16H25NO2/c1-13-5-4-6-14(2)16(13)19-12-11-17-9-7-15(18-3)8-10-17/h4-6,15H,7-12H2,1-3H3. The number of para-hydroxylation sites is 1. The van der Waals surface area contributed by atoms with Gasteiger partial charge in [0.25, 0.3) is 0 Å². The summed E-state index contributed by atoms with van der Waals surface area (Å²) in [6.45, 7) is 8.22. The molecule has 0 aliphatic carbocycles. The molecule has 19 heavy (non-hydrogen) atoms. The van der Waals surface area contributed by atoms with E-state index in [1.54, 1.807) is 0 Å². The number of likely N-dealkylation sites (tertiary alicyclic amines) is 1. The van der Waals surface area contributed by atoms with E-state index in [1.807, 2.05) is 7.11 Å². The Morgan fingerprint density at radius 1 is 1.16 bits per heavy atom. The van der Waals surface area contributed by atoms with E-state index in [2.05, 4.69) is 36.9 Å². The van der Waals surface area contributed by atoms with Gasteiger partial charge in [-0.15, -0.1) is 0 Å². The third-order valence-electron chi connectivity index (χ3n) is 3.93. The quantitative estimate of drug-likeness (QED) is 0.815. The maximum absolute atomic E-state index is 5.95. The van der Waals surface area contributed by atoms with Gasteiger partial charge < -0.3 is 9.47 Å². The van der Waals surface area contributed by atoms with Gasteiger partial charge in [-0.3, -0.25) is 4.90 Å². The summed E-state index contributed by atoms with van der Waals surface area (Å²) < 4.78 is 11.3. The monoisotopic (exact) mass is 263 g/mol. The third kappa shape index (κ3) is 3.95. The van der Waals surface area contributed by atoms with Crippen LogP contribution in [0.3, 0.4) is 0 Å². The first-order valence-corrected chi connectivity index (χ1v) is 7.15. The Morgan fingerprint density at radius 3 is 2.37 bits per heavy atom. The van der Waals surface area contributed by atoms with Crippen LogP contribution in [-0.4, -0.2) is 44.4 Å². The molecule has 3 nitrogen and oxygen atoms in total. The molecule has 0 unspecified atom stereocenters. The molecule has 1 aromatic rings. The van der Waals surface area contributed by atoms with E-state index in [0.717, 1.165) is 44.8 Å². The van der Waals surface area contributed by atoms with Gasteiger partial charge in [-0.1, -0.05) is 18.2 Å². The van der Waals surface area contributed by atoms with Gasteiger partial charge >= 0.3 is 0 Å². The summed E-state index contributed by atoms with van der Waals surface area (Å²) in [6, 6.07) is 6.28. The Hall–Kier alpha value is -1.06. The fourth-order valence-corrected chi connectivity index (χ4v) is 2.67. The highest BCUT2D eigenvalue weighted by atomic mass is 16.5. The predicted molar refractivity (Wildman–Crippen MR) is 77.9 cm³/mol. The summed E-state index contributed by atoms with van der Waals surface area (Å²) in [4.78, 5) is 2.46. The van der Waals surface area contributed by atoms with Gasteiger partial charge in [0, 0.05) is 26.7 Å². The van der Waals surface area contributed by atoms with Crippen molar-refractivity contribution in [2.24, 2.45) is 0 Å². The molecule has 0 bridgehead atoms. The van der Waals surface area contributed by atoms with Crippen molar-refractivity contribution >= 4 is 0 Å². The van der Waals surface area contributed by atoms with Crippen molar-refractivity contribution in [3.05, 3.63) is 29.3 Å². The van der Waals surface area contributed by atoms with E-state index in [-0.39, 0.29) is 0 Å². The second kappa shape index (κ2) is 6.92. The lowest BCUT2D eigenvalue weighted by Gasteiger charge is -2.31. The smallest absolute Gasteiger partial charge is 0.125 e. The van der Waals surface area contributed by atoms with Crippen LogP contribution in [-0.2, 0) is 4.74 Å². The average Bonchev–Trinajstić information content (AvgIpc) is 2.43. The molecule has 106 valence electrons. The Balaban J connectivity index is 1.75. The SMILES string of the molecule is COC1CCN(CCOc2c(C)cccc2C)CC1. The van der Waals surface area contributed by atoms with Crippen LogP contribution in [0, 0.1) is 13.8 Å². The van der Waals surface area contributed by atoms with Gasteiger partial charge in [0.05, 0.1) is 6.10 Å². The minimum Gasteiger partial charge on any atom is -0.492 e. The van der Waals surface area contributed by atoms with Crippen LogP contribution in [0.15, 0.2) is 18.2 Å². The molecule has 2 rings (SSSR count). The summed E-state index contributed by atoms with van der Waals surface area (Å²) in [7, 11) is 1.81. The van der Waals surface area contributed by atoms with Crippen LogP contribution in [0.4, 0.5) is 0 Å². The lowest BCUT2D eigenvalue weighted by molar-refractivity contribution is 0.0374. The minimum absolute atomic E-state index is 0.454. The van der Waals surface area contributed by atoms with Crippen LogP contribution in [0.2, 0.25) is 0 Å². The summed E-state index contributed by atoms with van der Waals surface area (Å²) >= 11 is 0. The van der Waals surface area contributed by atoms with Crippen molar-refractivity contribution in [1.29, 1.82) is 0 Å². The van der Waals surface area contributed by atoms with Crippen molar-refractivity contribution in [3.8, 4) is 5.75 Å². The number of rotatable bonds is 5. The van der Waals surface area contributed by atoms with Crippen molar-refractivity contribution < 1.29 is 9.47 Å². The lowest BCUT2D eigenvalue weighted by Crippen LogP contribution is -2.38. The summed E-state index contributed by atoms with van der Waals surface area (Å²) in [6.07, 6.45) is 2.73. The Bertz CT molecular complexity index is 377. The van der Waals surface area contributed by atoms with Crippen LogP contribution >= 0.6 is 0 Å². The number of benzene rings is 1. The average molecular weight is 263 g/mol. The van der Waals surface area contributed by atoms with Crippen LogP contribution in [0.25, 0.3) is 0 Å². The van der Waals surface area contributed by atoms with Crippen LogP contribution in [0.1, 0.15) is 24.0 Å². The molecule has 0 aromatic heterocycles. The number of aryl methyl sites for hydroxylation is 2. The highest BCUT2D eigenvalue weighted by Gasteiger charge is 2.18. The fourth-order valence-electron chi connectivity index (χ4n) is 2.67. The van der Waals surface area contributed by atoms with Gasteiger partial charge in [-0.25, -0.2) is 0 Å². The van der Waals surface area contributed by atoms with Gasteiger partial charge in [0.1, 0.15) is 12.4 Å². The number of ether oxygens (including phenoxy) is 2. The zero-order valence-corrected chi connectivity index (χ0v) is 12.3. The van der Waals surface area contributed by atoms with Gasteiger partial charge in [0.15, 0.2) is 0 Å². The van der Waals surface area contributed by atoms with Crippen LogP contribution < -0.4 is 4.74 Å². The fraction of sp³-hybridized carbons (Fsp3) is 0.625. The first-order chi connectivity index (χ1) is 9.20. The second-order valence-corrected chi connectivity index (χ2v) is 5.35. The molecular weight excluding hydrogens is 238 g/mol. The molecule has 0 amide bonds. The molecule has 0 radical (unpaired) electrons. The zero-order chi connectivity index (χ0) is 13.7. The summed E-state index contributed by atoms with van der Waals surface area (Å²) in [5.74, 6) is 1.05. The largest absolute Gasteiger partial charge is 0.492 e. The van der Waals surface area contributed by atoms with Crippen LogP contribution in [0.5, 0.6) is 5.75 Å². The normalized spacial score (nSPS) is 17.6. The Kier molecular flexibility index (Phi) is 5.23. The van der Waals surface area contributed by atoms with Gasteiger partial charge in [0.2, 0.25) is 0 Å². The van der Waals surface area contributed by atoms with Crippen molar-refractivity contribution in [3.63, 3.8) is 0 Å². The molecule has 1 aliphatic heterocycles. The van der Waals surface area contributed by atoms with Gasteiger partial charge in [-0.05, 0) is 37.8 Å². The maximum Gasteiger partial charge on any atom is 0.125 e. The molecule has 1 fully saturated rings. The predicted octanol–water partition coefficient (Wildman–Crippen LogP) is 2.79. The highest BCUT2D eigenvalue weighted by molar-refractivity contribution is 5.39.